The quantitative estimate of drug-likeness (QED) is 0.828. The van der Waals surface area contributed by atoms with Gasteiger partial charge in [-0.25, -0.2) is 4.39 Å². The monoisotopic (exact) mass is 228 g/mol. The number of benzene rings is 1. The fourth-order valence-corrected chi connectivity index (χ4v) is 1.48. The van der Waals surface area contributed by atoms with Gasteiger partial charge in [-0.3, -0.25) is 4.79 Å². The molecule has 16 heavy (non-hydrogen) atoms. The van der Waals surface area contributed by atoms with Crippen LogP contribution in [0.1, 0.15) is 24.8 Å². The highest BCUT2D eigenvalue weighted by atomic mass is 19.1. The van der Waals surface area contributed by atoms with Gasteiger partial charge in [0.2, 0.25) is 0 Å². The van der Waals surface area contributed by atoms with Crippen molar-refractivity contribution in [3.8, 4) is 11.5 Å². The minimum atomic E-state index is -0.997. The molecule has 1 aromatic rings. The molecule has 2 N–H and O–H groups in total. The summed E-state index contributed by atoms with van der Waals surface area (Å²) in [5, 5.41) is 18.2. The number of phenols is 1. The second-order valence-electron chi connectivity index (χ2n) is 3.54. The highest BCUT2D eigenvalue weighted by Crippen LogP contribution is 2.33. The molecule has 1 aromatic carbocycles. The van der Waals surface area contributed by atoms with Gasteiger partial charge >= 0.3 is 5.97 Å². The third-order valence-corrected chi connectivity index (χ3v) is 2.31. The Morgan fingerprint density at radius 3 is 2.69 bits per heavy atom. The Morgan fingerprint density at radius 1 is 1.56 bits per heavy atom. The molecule has 1 rings (SSSR count). The van der Waals surface area contributed by atoms with Crippen molar-refractivity contribution in [1.82, 2.24) is 0 Å². The van der Waals surface area contributed by atoms with Crippen LogP contribution in [0.25, 0.3) is 0 Å². The van der Waals surface area contributed by atoms with Gasteiger partial charge in [-0.15, -0.1) is 0 Å². The predicted octanol–water partition coefficient (Wildman–Crippen LogP) is 2.12. The minimum Gasteiger partial charge on any atom is -0.508 e. The lowest BCUT2D eigenvalue weighted by atomic mass is 9.96. The van der Waals surface area contributed by atoms with Crippen molar-refractivity contribution in [2.75, 3.05) is 7.11 Å². The molecule has 0 bridgehead atoms. The van der Waals surface area contributed by atoms with Gasteiger partial charge in [0.15, 0.2) is 11.6 Å². The van der Waals surface area contributed by atoms with Crippen molar-refractivity contribution in [3.63, 3.8) is 0 Å². The molecule has 0 saturated carbocycles. The van der Waals surface area contributed by atoms with Gasteiger partial charge in [0.25, 0.3) is 0 Å². The molecule has 5 heteroatoms. The molecule has 0 fully saturated rings. The third-order valence-electron chi connectivity index (χ3n) is 2.31. The zero-order valence-electron chi connectivity index (χ0n) is 9.03. The molecule has 88 valence electrons. The van der Waals surface area contributed by atoms with E-state index in [-0.39, 0.29) is 23.5 Å². The topological polar surface area (TPSA) is 66.8 Å². The Hall–Kier alpha value is -1.78. The van der Waals surface area contributed by atoms with E-state index < -0.39 is 17.7 Å². The molecule has 0 radical (unpaired) electrons. The fraction of sp³-hybridized carbons (Fsp3) is 0.364. The number of rotatable bonds is 4. The van der Waals surface area contributed by atoms with Gasteiger partial charge in [0, 0.05) is 11.6 Å². The molecule has 0 aliphatic heterocycles. The molecule has 4 nitrogen and oxygen atoms in total. The van der Waals surface area contributed by atoms with Gasteiger partial charge in [-0.05, 0) is 12.0 Å². The second kappa shape index (κ2) is 4.83. The van der Waals surface area contributed by atoms with Gasteiger partial charge in [0.05, 0.1) is 13.5 Å². The summed E-state index contributed by atoms with van der Waals surface area (Å²) in [5.74, 6) is -2.30. The van der Waals surface area contributed by atoms with Crippen molar-refractivity contribution >= 4 is 5.97 Å². The number of hydrogen-bond acceptors (Lipinski definition) is 3. The Bertz CT molecular complexity index is 403. The molecule has 1 atom stereocenters. The maximum Gasteiger partial charge on any atom is 0.303 e. The summed E-state index contributed by atoms with van der Waals surface area (Å²) in [6, 6.07) is 2.24. The average Bonchev–Trinajstić information content (AvgIpc) is 2.19. The first kappa shape index (κ1) is 12.3. The van der Waals surface area contributed by atoms with E-state index >= 15 is 0 Å². The molecule has 0 aliphatic rings. The smallest absolute Gasteiger partial charge is 0.303 e. The van der Waals surface area contributed by atoms with Crippen LogP contribution in [-0.4, -0.2) is 23.3 Å². The van der Waals surface area contributed by atoms with Crippen LogP contribution >= 0.6 is 0 Å². The molecule has 0 amide bonds. The first-order valence-electron chi connectivity index (χ1n) is 4.74. The lowest BCUT2D eigenvalue weighted by Gasteiger charge is -2.13. The van der Waals surface area contributed by atoms with E-state index in [1.165, 1.54) is 7.11 Å². The number of aromatic hydroxyl groups is 1. The Kier molecular flexibility index (Phi) is 3.71. The molecule has 0 heterocycles. The van der Waals surface area contributed by atoms with Crippen molar-refractivity contribution in [1.29, 1.82) is 0 Å². The summed E-state index contributed by atoms with van der Waals surface area (Å²) in [5.41, 5.74) is 0.265. The molecular formula is C11H13FO4. The molecule has 0 aromatic heterocycles. The lowest BCUT2D eigenvalue weighted by molar-refractivity contribution is -0.137. The Balaban J connectivity index is 3.05. The van der Waals surface area contributed by atoms with E-state index in [0.717, 1.165) is 12.1 Å². The van der Waals surface area contributed by atoms with Crippen LogP contribution in [0.2, 0.25) is 0 Å². The van der Waals surface area contributed by atoms with Gasteiger partial charge in [-0.2, -0.15) is 0 Å². The molecule has 0 aliphatic carbocycles. The number of hydrogen-bond donors (Lipinski definition) is 2. The van der Waals surface area contributed by atoms with Crippen LogP contribution < -0.4 is 4.74 Å². The number of carboxylic acids is 1. The van der Waals surface area contributed by atoms with E-state index in [1.54, 1.807) is 6.92 Å². The van der Waals surface area contributed by atoms with Crippen LogP contribution in [0.3, 0.4) is 0 Å². The summed E-state index contributed by atoms with van der Waals surface area (Å²) in [6.45, 7) is 1.61. The zero-order valence-corrected chi connectivity index (χ0v) is 9.03. The number of aliphatic carboxylic acids is 1. The van der Waals surface area contributed by atoms with Crippen LogP contribution in [-0.2, 0) is 4.79 Å². The minimum absolute atomic E-state index is 0.0659. The molecule has 0 spiro atoms. The van der Waals surface area contributed by atoms with Crippen molar-refractivity contribution in [2.24, 2.45) is 0 Å². The lowest BCUT2D eigenvalue weighted by Crippen LogP contribution is -2.04. The summed E-state index contributed by atoms with van der Waals surface area (Å²) in [4.78, 5) is 10.5. The SMILES string of the molecule is COc1cc(O)c(C(C)CC(=O)O)cc1F. The van der Waals surface area contributed by atoms with Gasteiger partial charge < -0.3 is 14.9 Å². The molecular weight excluding hydrogens is 215 g/mol. The molecule has 0 saturated heterocycles. The summed E-state index contributed by atoms with van der Waals surface area (Å²) in [6.07, 6.45) is -0.167. The predicted molar refractivity (Wildman–Crippen MR) is 55.3 cm³/mol. The van der Waals surface area contributed by atoms with E-state index in [0.29, 0.717) is 0 Å². The molecule has 1 unspecified atom stereocenters. The number of phenolic OH excluding ortho intramolecular Hbond substituents is 1. The van der Waals surface area contributed by atoms with Crippen LogP contribution in [0.5, 0.6) is 11.5 Å². The van der Waals surface area contributed by atoms with Gasteiger partial charge in [0.1, 0.15) is 5.75 Å². The average molecular weight is 228 g/mol. The summed E-state index contributed by atoms with van der Waals surface area (Å²) >= 11 is 0. The first-order valence-corrected chi connectivity index (χ1v) is 4.74. The number of carbonyl (C=O) groups is 1. The summed E-state index contributed by atoms with van der Waals surface area (Å²) < 4.78 is 18.0. The van der Waals surface area contributed by atoms with Crippen molar-refractivity contribution in [2.45, 2.75) is 19.3 Å². The maximum atomic E-state index is 13.3. The third kappa shape index (κ3) is 2.62. The van der Waals surface area contributed by atoms with Crippen LogP contribution in [0, 0.1) is 5.82 Å². The number of carboxylic acid groups (broad SMARTS) is 1. The van der Waals surface area contributed by atoms with E-state index in [4.69, 9.17) is 9.84 Å². The maximum absolute atomic E-state index is 13.3. The second-order valence-corrected chi connectivity index (χ2v) is 3.54. The zero-order chi connectivity index (χ0) is 12.3. The number of halogens is 1. The largest absolute Gasteiger partial charge is 0.508 e. The number of ether oxygens (including phenoxy) is 1. The Morgan fingerprint density at radius 2 is 2.19 bits per heavy atom. The van der Waals surface area contributed by atoms with E-state index in [2.05, 4.69) is 0 Å². The van der Waals surface area contributed by atoms with E-state index in [1.807, 2.05) is 0 Å². The standard InChI is InChI=1S/C11H13FO4/c1-6(3-11(14)15)7-4-8(12)10(16-2)5-9(7)13/h4-6,13H,3H2,1-2H3,(H,14,15). The van der Waals surface area contributed by atoms with Crippen LogP contribution in [0.15, 0.2) is 12.1 Å². The van der Waals surface area contributed by atoms with Crippen LogP contribution in [0.4, 0.5) is 4.39 Å². The highest BCUT2D eigenvalue weighted by molar-refractivity contribution is 5.68. The number of methoxy groups -OCH3 is 1. The normalized spacial score (nSPS) is 12.2. The fourth-order valence-electron chi connectivity index (χ4n) is 1.48. The van der Waals surface area contributed by atoms with Gasteiger partial charge in [-0.1, -0.05) is 6.92 Å². The van der Waals surface area contributed by atoms with Crippen molar-refractivity contribution < 1.29 is 24.1 Å². The van der Waals surface area contributed by atoms with E-state index in [9.17, 15) is 14.3 Å². The summed E-state index contributed by atoms with van der Waals surface area (Å²) in [7, 11) is 1.29. The highest BCUT2D eigenvalue weighted by Gasteiger charge is 2.17. The Labute approximate surface area is 92.3 Å². The first-order chi connectivity index (χ1) is 7.45. The van der Waals surface area contributed by atoms with Crippen molar-refractivity contribution in [3.05, 3.63) is 23.5 Å².